The molecule has 2 unspecified atom stereocenters. The van der Waals surface area contributed by atoms with Gasteiger partial charge in [0.15, 0.2) is 0 Å². The van der Waals surface area contributed by atoms with Gasteiger partial charge in [0.1, 0.15) is 0 Å². The van der Waals surface area contributed by atoms with Crippen LogP contribution in [0.15, 0.2) is 0 Å². The molecule has 0 radical (unpaired) electrons. The Morgan fingerprint density at radius 2 is 1.94 bits per heavy atom. The molecule has 106 valence electrons. The zero-order valence-electron chi connectivity index (χ0n) is 12.6. The number of hydrogen-bond acceptors (Lipinski definition) is 2. The van der Waals surface area contributed by atoms with Gasteiger partial charge in [0, 0.05) is 6.54 Å². The minimum absolute atomic E-state index is 0.303. The molecule has 2 fully saturated rings. The van der Waals surface area contributed by atoms with Gasteiger partial charge in [0.05, 0.1) is 11.7 Å². The highest BCUT2D eigenvalue weighted by molar-refractivity contribution is 4.94. The number of ether oxygens (including phenoxy) is 1. The van der Waals surface area contributed by atoms with Gasteiger partial charge in [0.25, 0.3) is 0 Å². The fraction of sp³-hybridized carbons (Fsp3) is 1.00. The molecule has 1 aliphatic carbocycles. The smallest absolute Gasteiger partial charge is 0.0687 e. The van der Waals surface area contributed by atoms with Crippen molar-refractivity contribution >= 4 is 0 Å². The van der Waals surface area contributed by atoms with E-state index in [1.807, 2.05) is 0 Å². The summed E-state index contributed by atoms with van der Waals surface area (Å²) in [6.45, 7) is 9.13. The van der Waals surface area contributed by atoms with Crippen LogP contribution in [0.5, 0.6) is 0 Å². The first-order valence-corrected chi connectivity index (χ1v) is 8.00. The van der Waals surface area contributed by atoms with Crippen LogP contribution in [-0.2, 0) is 4.74 Å². The molecule has 2 heteroatoms. The predicted octanol–water partition coefficient (Wildman–Crippen LogP) is 3.89. The number of nitrogens with one attached hydrogen (secondary N) is 1. The molecule has 1 heterocycles. The van der Waals surface area contributed by atoms with Crippen LogP contribution in [0.2, 0.25) is 0 Å². The summed E-state index contributed by atoms with van der Waals surface area (Å²) in [6, 6.07) is 0. The molecule has 1 saturated carbocycles. The fourth-order valence-corrected chi connectivity index (χ4v) is 3.74. The summed E-state index contributed by atoms with van der Waals surface area (Å²) in [5.74, 6) is 0. The van der Waals surface area contributed by atoms with Crippen molar-refractivity contribution in [1.82, 2.24) is 5.32 Å². The van der Waals surface area contributed by atoms with E-state index in [2.05, 4.69) is 26.1 Å². The normalized spacial score (nSPS) is 29.8. The Bertz CT molecular complexity index is 260. The van der Waals surface area contributed by atoms with E-state index in [1.165, 1.54) is 51.4 Å². The van der Waals surface area contributed by atoms with Gasteiger partial charge in [-0.05, 0) is 50.5 Å². The van der Waals surface area contributed by atoms with Gasteiger partial charge in [-0.25, -0.2) is 0 Å². The molecular weight excluding hydrogens is 222 g/mol. The van der Waals surface area contributed by atoms with Crippen LogP contribution in [0.3, 0.4) is 0 Å². The summed E-state index contributed by atoms with van der Waals surface area (Å²) in [5, 5.41) is 3.52. The van der Waals surface area contributed by atoms with E-state index in [1.54, 1.807) is 0 Å². The second kappa shape index (κ2) is 5.92. The summed E-state index contributed by atoms with van der Waals surface area (Å²) in [5.41, 5.74) is 0.711. The second-order valence-electron chi connectivity index (χ2n) is 6.82. The molecule has 0 aromatic carbocycles. The van der Waals surface area contributed by atoms with Crippen LogP contribution in [0, 0.1) is 5.41 Å². The summed E-state index contributed by atoms with van der Waals surface area (Å²) in [7, 11) is 0. The van der Waals surface area contributed by atoms with Crippen molar-refractivity contribution in [2.24, 2.45) is 5.41 Å². The van der Waals surface area contributed by atoms with Gasteiger partial charge in [-0.2, -0.15) is 0 Å². The maximum absolute atomic E-state index is 6.46. The molecule has 2 aliphatic rings. The van der Waals surface area contributed by atoms with Crippen molar-refractivity contribution in [3.05, 3.63) is 0 Å². The van der Waals surface area contributed by atoms with Crippen LogP contribution in [0.25, 0.3) is 0 Å². The van der Waals surface area contributed by atoms with Crippen molar-refractivity contribution in [2.45, 2.75) is 83.8 Å². The second-order valence-corrected chi connectivity index (χ2v) is 6.82. The van der Waals surface area contributed by atoms with Crippen LogP contribution in [-0.4, -0.2) is 24.8 Å². The van der Waals surface area contributed by atoms with Gasteiger partial charge in [0.2, 0.25) is 0 Å². The molecule has 0 amide bonds. The van der Waals surface area contributed by atoms with Crippen LogP contribution < -0.4 is 5.32 Å². The average molecular weight is 253 g/mol. The van der Waals surface area contributed by atoms with Gasteiger partial charge in [-0.3, -0.25) is 0 Å². The first kappa shape index (κ1) is 14.3. The van der Waals surface area contributed by atoms with Crippen molar-refractivity contribution in [3.8, 4) is 0 Å². The first-order valence-electron chi connectivity index (χ1n) is 8.00. The molecule has 2 nitrogen and oxygen atoms in total. The third kappa shape index (κ3) is 3.27. The third-order valence-corrected chi connectivity index (χ3v) is 5.23. The quantitative estimate of drug-likeness (QED) is 0.775. The summed E-state index contributed by atoms with van der Waals surface area (Å²) < 4.78 is 6.46. The zero-order chi connectivity index (χ0) is 13.1. The lowest BCUT2D eigenvalue weighted by Gasteiger charge is -2.32. The molecule has 1 saturated heterocycles. The summed E-state index contributed by atoms with van der Waals surface area (Å²) >= 11 is 0. The molecule has 0 aromatic rings. The maximum atomic E-state index is 6.46. The summed E-state index contributed by atoms with van der Waals surface area (Å²) in [6.07, 6.45) is 11.0. The van der Waals surface area contributed by atoms with E-state index in [0.29, 0.717) is 17.1 Å². The molecule has 2 rings (SSSR count). The van der Waals surface area contributed by atoms with E-state index in [0.717, 1.165) is 13.1 Å². The lowest BCUT2D eigenvalue weighted by molar-refractivity contribution is -0.0521. The Hall–Kier alpha value is -0.0800. The number of rotatable bonds is 6. The lowest BCUT2D eigenvalue weighted by atomic mass is 9.81. The van der Waals surface area contributed by atoms with E-state index in [-0.39, 0.29) is 0 Å². The Labute approximate surface area is 113 Å². The standard InChI is InChI=1S/C16H31NO/c1-4-15(3,13-17-5-2)12-14-8-11-16(18-14)9-6-7-10-16/h14,17H,4-13H2,1-3H3. The van der Waals surface area contributed by atoms with Crippen molar-refractivity contribution < 1.29 is 4.74 Å². The molecule has 2 atom stereocenters. The van der Waals surface area contributed by atoms with E-state index in [9.17, 15) is 0 Å². The van der Waals surface area contributed by atoms with E-state index in [4.69, 9.17) is 4.74 Å². The number of hydrogen-bond donors (Lipinski definition) is 1. The zero-order valence-corrected chi connectivity index (χ0v) is 12.6. The van der Waals surface area contributed by atoms with Gasteiger partial charge < -0.3 is 10.1 Å². The fourth-order valence-electron chi connectivity index (χ4n) is 3.74. The minimum Gasteiger partial charge on any atom is -0.372 e. The van der Waals surface area contributed by atoms with Gasteiger partial charge in [-0.1, -0.05) is 33.6 Å². The van der Waals surface area contributed by atoms with Crippen molar-refractivity contribution in [3.63, 3.8) is 0 Å². The van der Waals surface area contributed by atoms with Gasteiger partial charge >= 0.3 is 0 Å². The van der Waals surface area contributed by atoms with Crippen molar-refractivity contribution in [2.75, 3.05) is 13.1 Å². The maximum Gasteiger partial charge on any atom is 0.0687 e. The summed E-state index contributed by atoms with van der Waals surface area (Å²) in [4.78, 5) is 0. The van der Waals surface area contributed by atoms with Crippen LogP contribution >= 0.6 is 0 Å². The molecule has 18 heavy (non-hydrogen) atoms. The first-order chi connectivity index (χ1) is 8.61. The Morgan fingerprint density at radius 1 is 1.22 bits per heavy atom. The molecule has 1 N–H and O–H groups in total. The molecule has 1 aliphatic heterocycles. The Kier molecular flexibility index (Phi) is 4.71. The topological polar surface area (TPSA) is 21.3 Å². The lowest BCUT2D eigenvalue weighted by Crippen LogP contribution is -2.35. The van der Waals surface area contributed by atoms with Crippen molar-refractivity contribution in [1.29, 1.82) is 0 Å². The highest BCUT2D eigenvalue weighted by Gasteiger charge is 2.43. The molecule has 0 bridgehead atoms. The predicted molar refractivity (Wildman–Crippen MR) is 76.9 cm³/mol. The minimum atomic E-state index is 0.303. The van der Waals surface area contributed by atoms with E-state index < -0.39 is 0 Å². The van der Waals surface area contributed by atoms with Gasteiger partial charge in [-0.15, -0.1) is 0 Å². The van der Waals surface area contributed by atoms with E-state index >= 15 is 0 Å². The molecule has 0 aromatic heterocycles. The Morgan fingerprint density at radius 3 is 2.56 bits per heavy atom. The average Bonchev–Trinajstić information content (AvgIpc) is 2.98. The molecular formula is C16H31NO. The molecule has 1 spiro atoms. The van der Waals surface area contributed by atoms with Crippen LogP contribution in [0.4, 0.5) is 0 Å². The Balaban J connectivity index is 1.85. The largest absolute Gasteiger partial charge is 0.372 e. The van der Waals surface area contributed by atoms with Crippen LogP contribution in [0.1, 0.15) is 72.1 Å². The highest BCUT2D eigenvalue weighted by Crippen LogP contribution is 2.45. The third-order valence-electron chi connectivity index (χ3n) is 5.23. The SMILES string of the molecule is CCNCC(C)(CC)CC1CCC2(CCCC2)O1. The highest BCUT2D eigenvalue weighted by atomic mass is 16.5. The monoisotopic (exact) mass is 253 g/mol.